The highest BCUT2D eigenvalue weighted by molar-refractivity contribution is 5.89. The van der Waals surface area contributed by atoms with Gasteiger partial charge in [-0.15, -0.1) is 0 Å². The molecule has 0 saturated carbocycles. The second-order valence-corrected chi connectivity index (χ2v) is 7.47. The zero-order chi connectivity index (χ0) is 21.4. The number of esters is 1. The zero-order valence-corrected chi connectivity index (χ0v) is 17.1. The minimum atomic E-state index is -0.365. The van der Waals surface area contributed by atoms with Crippen molar-refractivity contribution in [3.05, 3.63) is 56.9 Å². The molecule has 0 radical (unpaired) electrons. The number of aryl methyl sites for hydroxylation is 1. The lowest BCUT2D eigenvalue weighted by Crippen LogP contribution is -2.26. The van der Waals surface area contributed by atoms with E-state index in [1.54, 1.807) is 28.8 Å². The normalized spacial score (nSPS) is 12.1. The third-order valence-corrected chi connectivity index (χ3v) is 5.59. The summed E-state index contributed by atoms with van der Waals surface area (Å²) in [5.74, 6) is -0.194. The van der Waals surface area contributed by atoms with Crippen molar-refractivity contribution in [2.45, 2.75) is 52.9 Å². The first-order valence-electron chi connectivity index (χ1n) is 10.1. The van der Waals surface area contributed by atoms with Gasteiger partial charge in [-0.2, -0.15) is 0 Å². The molecule has 2 N–H and O–H groups in total. The smallest absolute Gasteiger partial charge is 0.306 e. The Bertz CT molecular complexity index is 1210. The van der Waals surface area contributed by atoms with E-state index < -0.39 is 0 Å². The number of fused-ring (bicyclic) bond motifs is 4. The summed E-state index contributed by atoms with van der Waals surface area (Å²) < 4.78 is 6.87. The van der Waals surface area contributed by atoms with E-state index in [0.29, 0.717) is 35.5 Å². The molecule has 30 heavy (non-hydrogen) atoms. The van der Waals surface area contributed by atoms with Crippen molar-refractivity contribution >= 4 is 16.9 Å². The number of ether oxygens (including phenoxy) is 1. The average Bonchev–Trinajstić information content (AvgIpc) is 3.09. The Morgan fingerprint density at radius 2 is 2.03 bits per heavy atom. The molecule has 7 heteroatoms. The number of rotatable bonds is 6. The van der Waals surface area contributed by atoms with Gasteiger partial charge in [0.25, 0.3) is 5.56 Å². The van der Waals surface area contributed by atoms with Gasteiger partial charge in [-0.25, -0.2) is 4.98 Å². The van der Waals surface area contributed by atoms with Crippen molar-refractivity contribution in [1.82, 2.24) is 9.55 Å². The highest BCUT2D eigenvalue weighted by atomic mass is 16.5. The van der Waals surface area contributed by atoms with E-state index in [1.165, 1.54) is 0 Å². The summed E-state index contributed by atoms with van der Waals surface area (Å²) in [6, 6.07) is 6.81. The van der Waals surface area contributed by atoms with Gasteiger partial charge in [0.1, 0.15) is 12.4 Å². The standard InChI is InChI=1S/C23H24N2O5/c1-3-5-21(28)30-12-18-13(11-26)8-20-22-17(10-25(20)23(18)29)15(4-2)16-9-14(27)6-7-19(16)24-22/h6-9,26-27H,3-5,10-12H2,1-2H3. The lowest BCUT2D eigenvalue weighted by atomic mass is 9.98. The van der Waals surface area contributed by atoms with E-state index in [2.05, 4.69) is 0 Å². The van der Waals surface area contributed by atoms with Gasteiger partial charge in [-0.05, 0) is 48.2 Å². The van der Waals surface area contributed by atoms with Crippen molar-refractivity contribution in [1.29, 1.82) is 0 Å². The van der Waals surface area contributed by atoms with Gasteiger partial charge in [0.15, 0.2) is 0 Å². The first kappa shape index (κ1) is 20.1. The van der Waals surface area contributed by atoms with Crippen LogP contribution in [0.2, 0.25) is 0 Å². The fraction of sp³-hybridized carbons (Fsp3) is 0.348. The zero-order valence-electron chi connectivity index (χ0n) is 17.1. The molecule has 156 valence electrons. The number of aromatic nitrogens is 2. The topological polar surface area (TPSA) is 102 Å². The monoisotopic (exact) mass is 408 g/mol. The molecule has 3 aromatic rings. The number of hydrogen-bond donors (Lipinski definition) is 2. The molecule has 1 aliphatic heterocycles. The van der Waals surface area contributed by atoms with Crippen LogP contribution in [0.4, 0.5) is 0 Å². The largest absolute Gasteiger partial charge is 0.508 e. The number of carbonyl (C=O) groups excluding carboxylic acids is 1. The Kier molecular flexibility index (Phi) is 5.30. The second-order valence-electron chi connectivity index (χ2n) is 7.47. The fourth-order valence-corrected chi connectivity index (χ4v) is 4.12. The summed E-state index contributed by atoms with van der Waals surface area (Å²) >= 11 is 0. The lowest BCUT2D eigenvalue weighted by molar-refractivity contribution is -0.145. The maximum atomic E-state index is 13.2. The molecule has 0 fully saturated rings. The van der Waals surface area contributed by atoms with E-state index >= 15 is 0 Å². The number of aliphatic hydroxyl groups is 1. The number of benzene rings is 1. The Morgan fingerprint density at radius 1 is 1.23 bits per heavy atom. The molecule has 0 atom stereocenters. The molecule has 1 aromatic carbocycles. The summed E-state index contributed by atoms with van der Waals surface area (Å²) in [6.07, 6.45) is 1.68. The fourth-order valence-electron chi connectivity index (χ4n) is 4.12. The van der Waals surface area contributed by atoms with Gasteiger partial charge < -0.3 is 19.5 Å². The van der Waals surface area contributed by atoms with Crippen LogP contribution in [0.3, 0.4) is 0 Å². The molecule has 0 saturated heterocycles. The number of pyridine rings is 2. The molecular weight excluding hydrogens is 384 g/mol. The summed E-state index contributed by atoms with van der Waals surface area (Å²) in [4.78, 5) is 29.7. The maximum absolute atomic E-state index is 13.2. The van der Waals surface area contributed by atoms with E-state index in [0.717, 1.165) is 28.5 Å². The van der Waals surface area contributed by atoms with Crippen LogP contribution in [0.15, 0.2) is 29.1 Å². The van der Waals surface area contributed by atoms with E-state index in [1.807, 2.05) is 13.8 Å². The number of aliphatic hydroxyl groups excluding tert-OH is 1. The summed E-state index contributed by atoms with van der Waals surface area (Å²) in [6.45, 7) is 3.77. The third-order valence-electron chi connectivity index (χ3n) is 5.59. The van der Waals surface area contributed by atoms with Crippen molar-refractivity contribution in [2.75, 3.05) is 0 Å². The molecule has 1 aliphatic rings. The third kappa shape index (κ3) is 3.25. The Hall–Kier alpha value is -3.19. The van der Waals surface area contributed by atoms with Gasteiger partial charge in [-0.3, -0.25) is 9.59 Å². The van der Waals surface area contributed by atoms with Crippen molar-refractivity contribution in [3.8, 4) is 17.1 Å². The SMILES string of the molecule is CCCC(=O)OCc1c(CO)cc2n(c1=O)Cc1c-2nc2ccc(O)cc2c1CC. The highest BCUT2D eigenvalue weighted by Crippen LogP contribution is 2.37. The molecule has 4 rings (SSSR count). The summed E-state index contributed by atoms with van der Waals surface area (Å²) in [7, 11) is 0. The molecular formula is C23H24N2O5. The van der Waals surface area contributed by atoms with E-state index in [4.69, 9.17) is 9.72 Å². The van der Waals surface area contributed by atoms with Crippen molar-refractivity contribution in [2.24, 2.45) is 0 Å². The first-order valence-corrected chi connectivity index (χ1v) is 10.1. The molecule has 7 nitrogen and oxygen atoms in total. The van der Waals surface area contributed by atoms with Crippen LogP contribution in [0.5, 0.6) is 5.75 Å². The van der Waals surface area contributed by atoms with E-state index in [9.17, 15) is 19.8 Å². The summed E-state index contributed by atoms with van der Waals surface area (Å²) in [5, 5.41) is 20.6. The molecule has 0 bridgehead atoms. The van der Waals surface area contributed by atoms with Crippen LogP contribution in [-0.4, -0.2) is 25.7 Å². The second kappa shape index (κ2) is 7.91. The van der Waals surface area contributed by atoms with Crippen LogP contribution in [-0.2, 0) is 35.7 Å². The van der Waals surface area contributed by atoms with Crippen LogP contribution < -0.4 is 5.56 Å². The lowest BCUT2D eigenvalue weighted by Gasteiger charge is -2.12. The minimum absolute atomic E-state index is 0.159. The average molecular weight is 408 g/mol. The van der Waals surface area contributed by atoms with Crippen LogP contribution in [0.25, 0.3) is 22.3 Å². The predicted octanol–water partition coefficient (Wildman–Crippen LogP) is 3.03. The number of aromatic hydroxyl groups is 1. The number of nitrogens with zero attached hydrogens (tertiary/aromatic N) is 2. The predicted molar refractivity (Wildman–Crippen MR) is 112 cm³/mol. The molecule has 0 unspecified atom stereocenters. The van der Waals surface area contributed by atoms with Gasteiger partial charge in [0.05, 0.1) is 35.6 Å². The van der Waals surface area contributed by atoms with E-state index in [-0.39, 0.29) is 36.9 Å². The van der Waals surface area contributed by atoms with Crippen LogP contribution >= 0.6 is 0 Å². The minimum Gasteiger partial charge on any atom is -0.508 e. The molecule has 0 spiro atoms. The number of carbonyl (C=O) groups is 1. The Morgan fingerprint density at radius 3 is 2.73 bits per heavy atom. The number of phenols is 1. The Balaban J connectivity index is 1.85. The highest BCUT2D eigenvalue weighted by Gasteiger charge is 2.28. The van der Waals surface area contributed by atoms with Crippen LogP contribution in [0.1, 0.15) is 48.9 Å². The molecule has 0 amide bonds. The van der Waals surface area contributed by atoms with Gasteiger partial charge in [-0.1, -0.05) is 13.8 Å². The van der Waals surface area contributed by atoms with Crippen LogP contribution in [0, 0.1) is 0 Å². The van der Waals surface area contributed by atoms with Gasteiger partial charge in [0, 0.05) is 17.4 Å². The van der Waals surface area contributed by atoms with Crippen molar-refractivity contribution < 1.29 is 19.7 Å². The molecule has 0 aliphatic carbocycles. The summed E-state index contributed by atoms with van der Waals surface area (Å²) in [5.41, 5.74) is 4.53. The van der Waals surface area contributed by atoms with Gasteiger partial charge >= 0.3 is 5.97 Å². The van der Waals surface area contributed by atoms with Crippen molar-refractivity contribution in [3.63, 3.8) is 0 Å². The quantitative estimate of drug-likeness (QED) is 0.476. The Labute approximate surface area is 173 Å². The van der Waals surface area contributed by atoms with Gasteiger partial charge in [0.2, 0.25) is 0 Å². The molecule has 3 heterocycles. The number of hydrogen-bond acceptors (Lipinski definition) is 6. The maximum Gasteiger partial charge on any atom is 0.306 e. The number of phenolic OH excluding ortho intramolecular Hbond substituents is 1. The molecule has 2 aromatic heterocycles. The first-order chi connectivity index (χ1) is 14.5.